The van der Waals surface area contributed by atoms with Crippen LogP contribution >= 0.6 is 11.3 Å². The summed E-state index contributed by atoms with van der Waals surface area (Å²) in [6.07, 6.45) is 0. The second-order valence-corrected chi connectivity index (χ2v) is 6.67. The van der Waals surface area contributed by atoms with E-state index in [-0.39, 0.29) is 5.41 Å². The largest absolute Gasteiger partial charge is 0.308 e. The van der Waals surface area contributed by atoms with E-state index < -0.39 is 0 Å². The molecule has 0 saturated heterocycles. The van der Waals surface area contributed by atoms with E-state index in [4.69, 9.17) is 0 Å². The molecule has 1 aromatic rings. The first kappa shape index (κ1) is 13.7. The molecule has 1 rings (SSSR count). The number of hydrogen-bond acceptors (Lipinski definition) is 3. The average Bonchev–Trinajstić information content (AvgIpc) is 2.61. The van der Waals surface area contributed by atoms with Gasteiger partial charge in [0.2, 0.25) is 0 Å². The van der Waals surface area contributed by atoms with Crippen LogP contribution < -0.4 is 5.32 Å². The molecule has 0 saturated carbocycles. The second-order valence-electron chi connectivity index (χ2n) is 5.81. The summed E-state index contributed by atoms with van der Waals surface area (Å²) >= 11 is 1.77. The smallest absolute Gasteiger partial charge is 0.0982 e. The van der Waals surface area contributed by atoms with Gasteiger partial charge in [-0.15, -0.1) is 11.3 Å². The second kappa shape index (κ2) is 5.28. The van der Waals surface area contributed by atoms with Gasteiger partial charge in [0.25, 0.3) is 0 Å². The van der Waals surface area contributed by atoms with Crippen molar-refractivity contribution in [3.05, 3.63) is 16.1 Å². The predicted molar refractivity (Wildman–Crippen MR) is 72.0 cm³/mol. The molecule has 1 atom stereocenters. The molecule has 3 heteroatoms. The molecule has 0 aliphatic heterocycles. The van der Waals surface area contributed by atoms with E-state index in [9.17, 15) is 0 Å². The highest BCUT2D eigenvalue weighted by Gasteiger charge is 2.18. The summed E-state index contributed by atoms with van der Waals surface area (Å²) in [5.74, 6) is 0.667. The Balaban J connectivity index is 2.53. The zero-order valence-electron chi connectivity index (χ0n) is 11.3. The van der Waals surface area contributed by atoms with Gasteiger partial charge in [0.1, 0.15) is 0 Å². The van der Waals surface area contributed by atoms with Crippen LogP contribution in [-0.2, 0) is 12.0 Å². The molecular weight excluding hydrogens is 216 g/mol. The summed E-state index contributed by atoms with van der Waals surface area (Å²) < 4.78 is 0. The third-order valence-corrected chi connectivity index (χ3v) is 4.12. The first-order chi connectivity index (χ1) is 7.30. The molecule has 0 aliphatic rings. The first-order valence-electron chi connectivity index (χ1n) is 5.99. The molecule has 0 amide bonds. The summed E-state index contributed by atoms with van der Waals surface area (Å²) in [4.78, 5) is 4.67. The Kier molecular flexibility index (Phi) is 4.51. The monoisotopic (exact) mass is 240 g/mol. The van der Waals surface area contributed by atoms with E-state index >= 15 is 0 Å². The van der Waals surface area contributed by atoms with Crippen LogP contribution in [-0.4, -0.2) is 11.0 Å². The van der Waals surface area contributed by atoms with Crippen molar-refractivity contribution >= 4 is 11.3 Å². The summed E-state index contributed by atoms with van der Waals surface area (Å²) in [5, 5.41) is 6.90. The third-order valence-electron chi connectivity index (χ3n) is 2.80. The van der Waals surface area contributed by atoms with Crippen molar-refractivity contribution in [3.63, 3.8) is 0 Å². The average molecular weight is 240 g/mol. The number of rotatable bonds is 4. The van der Waals surface area contributed by atoms with Crippen molar-refractivity contribution in [1.29, 1.82) is 0 Å². The zero-order chi connectivity index (χ0) is 12.3. The van der Waals surface area contributed by atoms with Crippen molar-refractivity contribution in [1.82, 2.24) is 10.3 Å². The van der Waals surface area contributed by atoms with Gasteiger partial charge in [-0.2, -0.15) is 0 Å². The molecule has 0 aromatic carbocycles. The Morgan fingerprint density at radius 2 is 1.94 bits per heavy atom. The molecule has 1 heterocycles. The number of thiazole rings is 1. The Morgan fingerprint density at radius 3 is 2.38 bits per heavy atom. The lowest BCUT2D eigenvalue weighted by Gasteiger charge is -2.16. The molecule has 0 aliphatic carbocycles. The van der Waals surface area contributed by atoms with Crippen LogP contribution in [0.15, 0.2) is 5.38 Å². The highest BCUT2D eigenvalue weighted by Crippen LogP contribution is 2.25. The van der Waals surface area contributed by atoms with Crippen LogP contribution in [0.2, 0.25) is 0 Å². The lowest BCUT2D eigenvalue weighted by Crippen LogP contribution is -2.30. The number of nitrogens with one attached hydrogen (secondary N) is 1. The fourth-order valence-electron chi connectivity index (χ4n) is 1.23. The summed E-state index contributed by atoms with van der Waals surface area (Å²) in [6, 6.07) is 0.541. The van der Waals surface area contributed by atoms with E-state index in [2.05, 4.69) is 57.2 Å². The van der Waals surface area contributed by atoms with Gasteiger partial charge in [-0.25, -0.2) is 4.98 Å². The van der Waals surface area contributed by atoms with Crippen molar-refractivity contribution in [3.8, 4) is 0 Å². The normalized spacial score (nSPS) is 14.4. The maximum absolute atomic E-state index is 4.67. The maximum atomic E-state index is 4.67. The SMILES string of the molecule is CC(C)C(C)NCc1csc(C(C)(C)C)n1. The molecule has 1 aromatic heterocycles. The molecule has 16 heavy (non-hydrogen) atoms. The molecule has 2 nitrogen and oxygen atoms in total. The van der Waals surface area contributed by atoms with Crippen LogP contribution in [0.3, 0.4) is 0 Å². The standard InChI is InChI=1S/C13H24N2S/c1-9(2)10(3)14-7-11-8-16-12(15-11)13(4,5)6/h8-10,14H,7H2,1-6H3. The van der Waals surface area contributed by atoms with Crippen molar-refractivity contribution in [2.24, 2.45) is 5.92 Å². The van der Waals surface area contributed by atoms with Crippen LogP contribution in [0.1, 0.15) is 52.2 Å². The lowest BCUT2D eigenvalue weighted by molar-refractivity contribution is 0.423. The highest BCUT2D eigenvalue weighted by atomic mass is 32.1. The van der Waals surface area contributed by atoms with Gasteiger partial charge < -0.3 is 5.32 Å². The topological polar surface area (TPSA) is 24.9 Å². The first-order valence-corrected chi connectivity index (χ1v) is 6.87. The minimum Gasteiger partial charge on any atom is -0.308 e. The minimum atomic E-state index is 0.173. The summed E-state index contributed by atoms with van der Waals surface area (Å²) in [7, 11) is 0. The van der Waals surface area contributed by atoms with Gasteiger partial charge in [-0.1, -0.05) is 34.6 Å². The van der Waals surface area contributed by atoms with E-state index in [1.165, 1.54) is 10.7 Å². The Bertz CT molecular complexity index is 323. The molecule has 0 spiro atoms. The molecule has 1 N–H and O–H groups in total. The maximum Gasteiger partial charge on any atom is 0.0982 e. The highest BCUT2D eigenvalue weighted by molar-refractivity contribution is 7.09. The Morgan fingerprint density at radius 1 is 1.31 bits per heavy atom. The third kappa shape index (κ3) is 3.87. The lowest BCUT2D eigenvalue weighted by atomic mass is 9.98. The quantitative estimate of drug-likeness (QED) is 0.870. The molecule has 1 unspecified atom stereocenters. The van der Waals surface area contributed by atoms with Crippen LogP contribution in [0.4, 0.5) is 0 Å². The van der Waals surface area contributed by atoms with Crippen LogP contribution in [0, 0.1) is 5.92 Å². The number of aromatic nitrogens is 1. The van der Waals surface area contributed by atoms with Crippen molar-refractivity contribution < 1.29 is 0 Å². The van der Waals surface area contributed by atoms with E-state index in [0.717, 1.165) is 6.54 Å². The fraction of sp³-hybridized carbons (Fsp3) is 0.769. The molecule has 0 bridgehead atoms. The molecule has 0 radical (unpaired) electrons. The number of nitrogens with zero attached hydrogens (tertiary/aromatic N) is 1. The fourth-order valence-corrected chi connectivity index (χ4v) is 2.14. The minimum absolute atomic E-state index is 0.173. The van der Waals surface area contributed by atoms with Crippen molar-refractivity contribution in [2.75, 3.05) is 0 Å². The van der Waals surface area contributed by atoms with Gasteiger partial charge in [0.05, 0.1) is 10.7 Å². The van der Waals surface area contributed by atoms with Gasteiger partial charge in [0.15, 0.2) is 0 Å². The Hall–Kier alpha value is -0.410. The van der Waals surface area contributed by atoms with E-state index in [1.54, 1.807) is 11.3 Å². The van der Waals surface area contributed by atoms with Gasteiger partial charge in [-0.05, 0) is 12.8 Å². The van der Waals surface area contributed by atoms with Crippen molar-refractivity contribution in [2.45, 2.75) is 59.5 Å². The van der Waals surface area contributed by atoms with Crippen LogP contribution in [0.5, 0.6) is 0 Å². The zero-order valence-corrected chi connectivity index (χ0v) is 12.1. The van der Waals surface area contributed by atoms with E-state index in [0.29, 0.717) is 12.0 Å². The molecule has 92 valence electrons. The number of hydrogen-bond donors (Lipinski definition) is 1. The summed E-state index contributed by atoms with van der Waals surface area (Å²) in [5.41, 5.74) is 1.34. The van der Waals surface area contributed by atoms with Gasteiger partial charge >= 0.3 is 0 Å². The Labute approximate surface area is 103 Å². The van der Waals surface area contributed by atoms with Gasteiger partial charge in [0, 0.05) is 23.4 Å². The van der Waals surface area contributed by atoms with Gasteiger partial charge in [-0.3, -0.25) is 0 Å². The van der Waals surface area contributed by atoms with Crippen LogP contribution in [0.25, 0.3) is 0 Å². The predicted octanol–water partition coefficient (Wildman–Crippen LogP) is 3.57. The van der Waals surface area contributed by atoms with E-state index in [1.807, 2.05) is 0 Å². The molecule has 0 fully saturated rings. The summed E-state index contributed by atoms with van der Waals surface area (Å²) in [6.45, 7) is 14.2. The molecular formula is C13H24N2S.